The first-order valence-electron chi connectivity index (χ1n) is 5.63. The summed E-state index contributed by atoms with van der Waals surface area (Å²) >= 11 is 0. The quantitative estimate of drug-likeness (QED) is 0.859. The molecule has 1 aromatic rings. The first kappa shape index (κ1) is 15.1. The van der Waals surface area contributed by atoms with E-state index in [-0.39, 0.29) is 17.7 Å². The van der Waals surface area contributed by atoms with Crippen molar-refractivity contribution in [3.63, 3.8) is 0 Å². The van der Waals surface area contributed by atoms with Gasteiger partial charge in [0.1, 0.15) is 5.82 Å². The largest absolute Gasteiger partial charge is 0.478 e. The highest BCUT2D eigenvalue weighted by atomic mass is 19.1. The summed E-state index contributed by atoms with van der Waals surface area (Å²) < 4.78 is 18.6. The standard InChI is InChI=1S/C13H16FNO4/c1-13(2,19-3)7-11(16)15-10-6-8(12(17)18)4-5-9(10)14/h4-6H,7H2,1-3H3,(H,15,16)(H,17,18). The molecule has 1 rings (SSSR count). The van der Waals surface area contributed by atoms with Crippen molar-refractivity contribution in [1.82, 2.24) is 0 Å². The van der Waals surface area contributed by atoms with Crippen molar-refractivity contribution in [3.05, 3.63) is 29.6 Å². The maximum absolute atomic E-state index is 13.5. The lowest BCUT2D eigenvalue weighted by Crippen LogP contribution is -2.29. The highest BCUT2D eigenvalue weighted by Gasteiger charge is 2.22. The van der Waals surface area contributed by atoms with Crippen molar-refractivity contribution in [2.24, 2.45) is 0 Å². The van der Waals surface area contributed by atoms with Crippen LogP contribution in [0.2, 0.25) is 0 Å². The average Bonchev–Trinajstić information content (AvgIpc) is 2.31. The van der Waals surface area contributed by atoms with Gasteiger partial charge in [0.05, 0.1) is 23.3 Å². The van der Waals surface area contributed by atoms with E-state index in [1.54, 1.807) is 13.8 Å². The van der Waals surface area contributed by atoms with Gasteiger partial charge in [-0.15, -0.1) is 0 Å². The van der Waals surface area contributed by atoms with E-state index in [0.29, 0.717) is 0 Å². The molecule has 0 atom stereocenters. The lowest BCUT2D eigenvalue weighted by atomic mass is 10.0. The summed E-state index contributed by atoms with van der Waals surface area (Å²) in [6, 6.07) is 3.21. The Bertz CT molecular complexity index is 499. The maximum Gasteiger partial charge on any atom is 0.335 e. The number of benzene rings is 1. The molecule has 1 aromatic carbocycles. The Hall–Kier alpha value is -1.95. The van der Waals surface area contributed by atoms with Crippen molar-refractivity contribution in [2.75, 3.05) is 12.4 Å². The zero-order chi connectivity index (χ0) is 14.6. The van der Waals surface area contributed by atoms with Gasteiger partial charge in [-0.1, -0.05) is 0 Å². The van der Waals surface area contributed by atoms with Crippen LogP contribution in [-0.4, -0.2) is 29.7 Å². The van der Waals surface area contributed by atoms with Gasteiger partial charge in [0.25, 0.3) is 0 Å². The number of hydrogen-bond acceptors (Lipinski definition) is 3. The summed E-state index contributed by atoms with van der Waals surface area (Å²) in [5.74, 6) is -2.32. The van der Waals surface area contributed by atoms with Crippen LogP contribution in [-0.2, 0) is 9.53 Å². The average molecular weight is 269 g/mol. The van der Waals surface area contributed by atoms with Gasteiger partial charge in [0, 0.05) is 7.11 Å². The third-order valence-electron chi connectivity index (χ3n) is 2.63. The molecule has 5 nitrogen and oxygen atoms in total. The number of ether oxygens (including phenoxy) is 1. The number of carbonyl (C=O) groups excluding carboxylic acids is 1. The minimum absolute atomic E-state index is 0.0280. The molecule has 0 aliphatic carbocycles. The summed E-state index contributed by atoms with van der Waals surface area (Å²) in [6.07, 6.45) is 0.0280. The third kappa shape index (κ3) is 4.33. The Labute approximate surface area is 110 Å². The van der Waals surface area contributed by atoms with Crippen LogP contribution in [0.15, 0.2) is 18.2 Å². The van der Waals surface area contributed by atoms with Crippen LogP contribution >= 0.6 is 0 Å². The molecule has 0 aliphatic rings. The molecule has 0 radical (unpaired) electrons. The molecule has 0 spiro atoms. The number of carboxylic acids is 1. The highest BCUT2D eigenvalue weighted by Crippen LogP contribution is 2.19. The van der Waals surface area contributed by atoms with Gasteiger partial charge in [0.15, 0.2) is 0 Å². The molecule has 0 heterocycles. The Morgan fingerprint density at radius 3 is 2.58 bits per heavy atom. The van der Waals surface area contributed by atoms with Crippen LogP contribution in [0.3, 0.4) is 0 Å². The normalized spacial score (nSPS) is 11.2. The van der Waals surface area contributed by atoms with Gasteiger partial charge in [-0.05, 0) is 32.0 Å². The van der Waals surface area contributed by atoms with Crippen molar-refractivity contribution in [2.45, 2.75) is 25.9 Å². The molecule has 0 aromatic heterocycles. The Morgan fingerprint density at radius 1 is 1.42 bits per heavy atom. The molecular weight excluding hydrogens is 253 g/mol. The van der Waals surface area contributed by atoms with E-state index in [1.807, 2.05) is 0 Å². The van der Waals surface area contributed by atoms with Gasteiger partial charge < -0.3 is 15.2 Å². The summed E-state index contributed by atoms with van der Waals surface area (Å²) in [7, 11) is 1.47. The number of carbonyl (C=O) groups is 2. The molecule has 0 saturated heterocycles. The summed E-state index contributed by atoms with van der Waals surface area (Å²) in [5, 5.41) is 11.1. The van der Waals surface area contributed by atoms with Gasteiger partial charge in [-0.25, -0.2) is 9.18 Å². The molecule has 104 valence electrons. The van der Waals surface area contributed by atoms with Gasteiger partial charge in [-0.2, -0.15) is 0 Å². The predicted molar refractivity (Wildman–Crippen MR) is 67.7 cm³/mol. The molecule has 6 heteroatoms. The first-order valence-corrected chi connectivity index (χ1v) is 5.63. The summed E-state index contributed by atoms with van der Waals surface area (Å²) in [6.45, 7) is 3.44. The molecule has 0 bridgehead atoms. The SMILES string of the molecule is COC(C)(C)CC(=O)Nc1cc(C(=O)O)ccc1F. The lowest BCUT2D eigenvalue weighted by molar-refractivity contribution is -0.121. The summed E-state index contributed by atoms with van der Waals surface area (Å²) in [4.78, 5) is 22.5. The number of amides is 1. The van der Waals surface area contributed by atoms with Crippen molar-refractivity contribution in [3.8, 4) is 0 Å². The number of anilines is 1. The molecule has 19 heavy (non-hydrogen) atoms. The van der Waals surface area contributed by atoms with Crippen molar-refractivity contribution in [1.29, 1.82) is 0 Å². The third-order valence-corrected chi connectivity index (χ3v) is 2.63. The summed E-state index contributed by atoms with van der Waals surface area (Å²) in [5.41, 5.74) is -0.926. The fraction of sp³-hybridized carbons (Fsp3) is 0.385. The minimum atomic E-state index is -1.19. The molecule has 0 fully saturated rings. The molecule has 0 saturated carbocycles. The topological polar surface area (TPSA) is 75.6 Å². The van der Waals surface area contributed by atoms with Gasteiger partial charge in [-0.3, -0.25) is 4.79 Å². The number of hydrogen-bond donors (Lipinski definition) is 2. The fourth-order valence-corrected chi connectivity index (χ4v) is 1.41. The van der Waals surface area contributed by atoms with E-state index in [4.69, 9.17) is 9.84 Å². The number of methoxy groups -OCH3 is 1. The first-order chi connectivity index (χ1) is 8.75. The second-order valence-corrected chi connectivity index (χ2v) is 4.69. The van der Waals surface area contributed by atoms with Crippen LogP contribution in [0.5, 0.6) is 0 Å². The monoisotopic (exact) mass is 269 g/mol. The van der Waals surface area contributed by atoms with E-state index >= 15 is 0 Å². The number of carboxylic acid groups (broad SMARTS) is 1. The van der Waals surface area contributed by atoms with Gasteiger partial charge in [0.2, 0.25) is 5.91 Å². The van der Waals surface area contributed by atoms with Crippen LogP contribution in [0.1, 0.15) is 30.6 Å². The van der Waals surface area contributed by atoms with Crippen LogP contribution in [0.25, 0.3) is 0 Å². The Kier molecular flexibility index (Phi) is 4.61. The van der Waals surface area contributed by atoms with E-state index in [2.05, 4.69) is 5.32 Å². The van der Waals surface area contributed by atoms with Crippen LogP contribution in [0.4, 0.5) is 10.1 Å². The van der Waals surface area contributed by atoms with Crippen molar-refractivity contribution >= 4 is 17.6 Å². The minimum Gasteiger partial charge on any atom is -0.478 e. The van der Waals surface area contributed by atoms with Crippen molar-refractivity contribution < 1.29 is 23.8 Å². The zero-order valence-electron chi connectivity index (χ0n) is 11.0. The number of nitrogens with one attached hydrogen (secondary N) is 1. The number of halogens is 1. The predicted octanol–water partition coefficient (Wildman–Crippen LogP) is 2.28. The number of aromatic carboxylic acids is 1. The Morgan fingerprint density at radius 2 is 2.05 bits per heavy atom. The van der Waals surface area contributed by atoms with E-state index < -0.39 is 23.3 Å². The van der Waals surface area contributed by atoms with E-state index in [9.17, 15) is 14.0 Å². The highest BCUT2D eigenvalue weighted by molar-refractivity contribution is 5.94. The lowest BCUT2D eigenvalue weighted by Gasteiger charge is -2.22. The van der Waals surface area contributed by atoms with Crippen LogP contribution < -0.4 is 5.32 Å². The smallest absolute Gasteiger partial charge is 0.335 e. The molecular formula is C13H16FNO4. The van der Waals surface area contributed by atoms with Gasteiger partial charge >= 0.3 is 5.97 Å². The second kappa shape index (κ2) is 5.79. The molecule has 1 amide bonds. The number of rotatable bonds is 5. The Balaban J connectivity index is 2.84. The fourth-order valence-electron chi connectivity index (χ4n) is 1.41. The van der Waals surface area contributed by atoms with E-state index in [1.165, 1.54) is 7.11 Å². The van der Waals surface area contributed by atoms with Crippen LogP contribution in [0, 0.1) is 5.82 Å². The molecule has 0 aliphatic heterocycles. The molecule has 2 N–H and O–H groups in total. The second-order valence-electron chi connectivity index (χ2n) is 4.69. The molecule has 0 unspecified atom stereocenters. The zero-order valence-corrected chi connectivity index (χ0v) is 11.0. The maximum atomic E-state index is 13.5. The van der Waals surface area contributed by atoms with E-state index in [0.717, 1.165) is 18.2 Å².